The molecular formula is C23H29N9O2. The van der Waals surface area contributed by atoms with E-state index >= 15 is 0 Å². The van der Waals surface area contributed by atoms with Crippen molar-refractivity contribution < 1.29 is 9.47 Å². The normalized spacial score (nSPS) is 17.8. The second kappa shape index (κ2) is 8.41. The minimum atomic E-state index is -0.0170. The van der Waals surface area contributed by atoms with Crippen molar-refractivity contribution in [2.75, 3.05) is 13.9 Å². The standard InChI is InChI=1S/C23H29N9O2/c1-22(2)12-16(13-23(3,4)29-22)31-21-19(27-30-31)11-18(26-28-21)17-7-6-15(32-24-8-9-25-32)10-20(17)34-14-33-5/h6-11,16,29H,12-14H2,1-5H3. The highest BCUT2D eigenvalue weighted by atomic mass is 16.7. The SMILES string of the molecule is COCOc1cc(-n2nccn2)ccc1-c1cc2nnn(C3CC(C)(C)NC(C)(C)C3)c2nn1. The molecule has 0 aliphatic carbocycles. The summed E-state index contributed by atoms with van der Waals surface area (Å²) in [5.74, 6) is 0.583. The van der Waals surface area contributed by atoms with Gasteiger partial charge in [-0.05, 0) is 58.7 Å². The van der Waals surface area contributed by atoms with Gasteiger partial charge in [0.15, 0.2) is 6.79 Å². The van der Waals surface area contributed by atoms with Crippen LogP contribution in [0.15, 0.2) is 36.7 Å². The van der Waals surface area contributed by atoms with E-state index in [-0.39, 0.29) is 23.9 Å². The molecule has 0 amide bonds. The van der Waals surface area contributed by atoms with Crippen molar-refractivity contribution in [3.05, 3.63) is 36.7 Å². The van der Waals surface area contributed by atoms with Crippen LogP contribution in [0.25, 0.3) is 28.1 Å². The van der Waals surface area contributed by atoms with Crippen molar-refractivity contribution in [3.8, 4) is 22.7 Å². The number of hydrogen-bond donors (Lipinski definition) is 1. The van der Waals surface area contributed by atoms with Gasteiger partial charge in [-0.15, -0.1) is 15.3 Å². The van der Waals surface area contributed by atoms with E-state index in [9.17, 15) is 0 Å². The number of methoxy groups -OCH3 is 1. The van der Waals surface area contributed by atoms with Gasteiger partial charge in [-0.1, -0.05) is 5.21 Å². The van der Waals surface area contributed by atoms with Gasteiger partial charge in [0.05, 0.1) is 29.8 Å². The smallest absolute Gasteiger partial charge is 0.201 e. The summed E-state index contributed by atoms with van der Waals surface area (Å²) in [5, 5.41) is 30.0. The number of aromatic nitrogens is 8. The summed E-state index contributed by atoms with van der Waals surface area (Å²) in [6, 6.07) is 7.72. The van der Waals surface area contributed by atoms with Crippen LogP contribution in [0.2, 0.25) is 0 Å². The van der Waals surface area contributed by atoms with Crippen molar-refractivity contribution in [2.24, 2.45) is 0 Å². The molecule has 5 rings (SSSR count). The van der Waals surface area contributed by atoms with Gasteiger partial charge >= 0.3 is 0 Å². The van der Waals surface area contributed by atoms with Crippen LogP contribution in [0.1, 0.15) is 46.6 Å². The lowest BCUT2D eigenvalue weighted by Gasteiger charge is -2.46. The van der Waals surface area contributed by atoms with Gasteiger partial charge < -0.3 is 14.8 Å². The maximum absolute atomic E-state index is 5.83. The zero-order valence-electron chi connectivity index (χ0n) is 20.1. The second-order valence-corrected chi connectivity index (χ2v) is 9.98. The fourth-order valence-electron chi connectivity index (χ4n) is 5.01. The van der Waals surface area contributed by atoms with Crippen LogP contribution < -0.4 is 10.1 Å². The average molecular weight is 464 g/mol. The van der Waals surface area contributed by atoms with Gasteiger partial charge in [0.1, 0.15) is 11.3 Å². The molecule has 4 heterocycles. The first-order chi connectivity index (χ1) is 16.2. The Kier molecular flexibility index (Phi) is 5.53. The highest BCUT2D eigenvalue weighted by Gasteiger charge is 2.39. The molecule has 1 aliphatic heterocycles. The van der Waals surface area contributed by atoms with E-state index in [1.165, 1.54) is 4.80 Å². The van der Waals surface area contributed by atoms with Gasteiger partial charge in [0, 0.05) is 29.8 Å². The third kappa shape index (κ3) is 4.36. The third-order valence-corrected chi connectivity index (χ3v) is 5.96. The largest absolute Gasteiger partial charge is 0.467 e. The predicted molar refractivity (Wildman–Crippen MR) is 126 cm³/mol. The van der Waals surface area contributed by atoms with Gasteiger partial charge in [0.2, 0.25) is 5.65 Å². The van der Waals surface area contributed by atoms with Crippen LogP contribution in [-0.2, 0) is 4.74 Å². The number of nitrogens with one attached hydrogen (secondary N) is 1. The molecule has 34 heavy (non-hydrogen) atoms. The van der Waals surface area contributed by atoms with Crippen LogP contribution >= 0.6 is 0 Å². The molecule has 3 aromatic heterocycles. The lowest BCUT2D eigenvalue weighted by atomic mass is 9.80. The first-order valence-corrected chi connectivity index (χ1v) is 11.3. The van der Waals surface area contributed by atoms with Gasteiger partial charge in [0.25, 0.3) is 0 Å². The molecule has 0 radical (unpaired) electrons. The lowest BCUT2D eigenvalue weighted by molar-refractivity contribution is 0.0515. The summed E-state index contributed by atoms with van der Waals surface area (Å²) >= 11 is 0. The summed E-state index contributed by atoms with van der Waals surface area (Å²) in [6.45, 7) is 8.96. The molecule has 0 spiro atoms. The van der Waals surface area contributed by atoms with Crippen LogP contribution in [0.5, 0.6) is 5.75 Å². The Morgan fingerprint density at radius 1 is 1.00 bits per heavy atom. The summed E-state index contributed by atoms with van der Waals surface area (Å²) < 4.78 is 12.9. The predicted octanol–water partition coefficient (Wildman–Crippen LogP) is 2.93. The Bertz CT molecular complexity index is 1280. The molecule has 1 aromatic carbocycles. The Morgan fingerprint density at radius 2 is 1.74 bits per heavy atom. The van der Waals surface area contributed by atoms with Crippen molar-refractivity contribution in [3.63, 3.8) is 0 Å². The average Bonchev–Trinajstić information content (AvgIpc) is 3.45. The molecule has 0 atom stereocenters. The van der Waals surface area contributed by atoms with E-state index in [2.05, 4.69) is 63.7 Å². The number of benzene rings is 1. The van der Waals surface area contributed by atoms with E-state index < -0.39 is 0 Å². The van der Waals surface area contributed by atoms with Crippen molar-refractivity contribution in [1.82, 2.24) is 45.5 Å². The van der Waals surface area contributed by atoms with E-state index in [0.717, 1.165) is 24.1 Å². The molecule has 178 valence electrons. The molecule has 0 bridgehead atoms. The quantitative estimate of drug-likeness (QED) is 0.431. The Labute approximate surface area is 197 Å². The van der Waals surface area contributed by atoms with E-state index in [4.69, 9.17) is 9.47 Å². The van der Waals surface area contributed by atoms with Crippen molar-refractivity contribution in [1.29, 1.82) is 0 Å². The Morgan fingerprint density at radius 3 is 2.44 bits per heavy atom. The minimum Gasteiger partial charge on any atom is -0.467 e. The number of nitrogens with zero attached hydrogens (tertiary/aromatic N) is 8. The van der Waals surface area contributed by atoms with E-state index in [0.29, 0.717) is 22.6 Å². The summed E-state index contributed by atoms with van der Waals surface area (Å²) in [4.78, 5) is 1.52. The number of piperidine rings is 1. The first-order valence-electron chi connectivity index (χ1n) is 11.3. The number of hydrogen-bond acceptors (Lipinski definition) is 9. The second-order valence-electron chi connectivity index (χ2n) is 9.98. The lowest BCUT2D eigenvalue weighted by Crippen LogP contribution is -2.58. The maximum atomic E-state index is 5.83. The summed E-state index contributed by atoms with van der Waals surface area (Å²) in [6.07, 6.45) is 5.10. The van der Waals surface area contributed by atoms with Gasteiger partial charge in [-0.2, -0.15) is 15.0 Å². The first kappa shape index (κ1) is 22.4. The number of fused-ring (bicyclic) bond motifs is 1. The van der Waals surface area contributed by atoms with Crippen molar-refractivity contribution in [2.45, 2.75) is 57.7 Å². The monoisotopic (exact) mass is 463 g/mol. The molecule has 0 saturated carbocycles. The van der Waals surface area contributed by atoms with Crippen LogP contribution in [0.4, 0.5) is 0 Å². The molecule has 1 fully saturated rings. The van der Waals surface area contributed by atoms with Gasteiger partial charge in [-0.3, -0.25) is 0 Å². The molecule has 1 saturated heterocycles. The van der Waals surface area contributed by atoms with Crippen LogP contribution in [0.3, 0.4) is 0 Å². The highest BCUT2D eigenvalue weighted by Crippen LogP contribution is 2.37. The molecule has 11 heteroatoms. The third-order valence-electron chi connectivity index (χ3n) is 5.96. The van der Waals surface area contributed by atoms with E-state index in [1.807, 2.05) is 28.9 Å². The fourth-order valence-corrected chi connectivity index (χ4v) is 5.01. The maximum Gasteiger partial charge on any atom is 0.201 e. The van der Waals surface area contributed by atoms with Crippen LogP contribution in [-0.4, -0.2) is 65.2 Å². The van der Waals surface area contributed by atoms with Crippen molar-refractivity contribution >= 4 is 11.2 Å². The fraction of sp³-hybridized carbons (Fsp3) is 0.478. The van der Waals surface area contributed by atoms with Crippen LogP contribution in [0, 0.1) is 0 Å². The molecule has 4 aromatic rings. The zero-order chi connectivity index (χ0) is 23.9. The number of rotatable bonds is 6. The molecule has 1 aliphatic rings. The van der Waals surface area contributed by atoms with E-state index in [1.54, 1.807) is 19.5 Å². The molecular weight excluding hydrogens is 434 g/mol. The summed E-state index contributed by atoms with van der Waals surface area (Å²) in [5.41, 5.74) is 3.50. The highest BCUT2D eigenvalue weighted by molar-refractivity contribution is 5.78. The minimum absolute atomic E-state index is 0.0170. The number of ether oxygens (including phenoxy) is 2. The summed E-state index contributed by atoms with van der Waals surface area (Å²) in [7, 11) is 1.58. The Balaban J connectivity index is 1.51. The van der Waals surface area contributed by atoms with Gasteiger partial charge in [-0.25, -0.2) is 4.68 Å². The molecule has 11 nitrogen and oxygen atoms in total. The molecule has 0 unspecified atom stereocenters. The Hall–Kier alpha value is -3.44. The topological polar surface area (TPSA) is 118 Å². The zero-order valence-corrected chi connectivity index (χ0v) is 20.1. The molecule has 1 N–H and O–H groups in total.